The molecule has 1 aromatic heterocycles. The maximum absolute atomic E-state index is 12.7. The van der Waals surface area contributed by atoms with Gasteiger partial charge in [-0.2, -0.15) is 13.2 Å². The minimum Gasteiger partial charge on any atom is -0.478 e. The summed E-state index contributed by atoms with van der Waals surface area (Å²) in [5.41, 5.74) is 2.06. The summed E-state index contributed by atoms with van der Waals surface area (Å²) in [6, 6.07) is 8.81. The van der Waals surface area contributed by atoms with E-state index in [1.807, 2.05) is 27.7 Å². The highest BCUT2D eigenvalue weighted by atomic mass is 19.4. The van der Waals surface area contributed by atoms with E-state index in [-0.39, 0.29) is 5.78 Å². The summed E-state index contributed by atoms with van der Waals surface area (Å²) in [5, 5.41) is 0. The average Bonchev–Trinajstić information content (AvgIpc) is 2.91. The number of anilines is 1. The maximum Gasteiger partial charge on any atom is 0.416 e. The molecule has 2 aromatic rings. The lowest BCUT2D eigenvalue weighted by Gasteiger charge is -2.30. The molecule has 3 rings (SSSR count). The van der Waals surface area contributed by atoms with Gasteiger partial charge in [0.2, 0.25) is 5.88 Å². The number of ether oxygens (including phenoxy) is 1. The molecule has 36 heavy (non-hydrogen) atoms. The van der Waals surface area contributed by atoms with Crippen molar-refractivity contribution in [1.82, 2.24) is 4.98 Å². The van der Waals surface area contributed by atoms with E-state index in [9.17, 15) is 18.0 Å². The summed E-state index contributed by atoms with van der Waals surface area (Å²) in [5.74, 6) is 0.591. The third kappa shape index (κ3) is 10.4. The van der Waals surface area contributed by atoms with E-state index in [0.717, 1.165) is 56.6 Å². The molecule has 4 nitrogen and oxygen atoms in total. The van der Waals surface area contributed by atoms with E-state index in [0.29, 0.717) is 30.9 Å². The van der Waals surface area contributed by atoms with Gasteiger partial charge in [0.1, 0.15) is 0 Å². The molecule has 0 radical (unpaired) electrons. The first kappa shape index (κ1) is 31.2. The van der Waals surface area contributed by atoms with Crippen molar-refractivity contribution in [3.05, 3.63) is 65.4 Å². The summed E-state index contributed by atoms with van der Waals surface area (Å²) in [4.78, 5) is 18.7. The van der Waals surface area contributed by atoms with Crippen LogP contribution in [0.1, 0.15) is 89.1 Å². The minimum atomic E-state index is -4.31. The fourth-order valence-corrected chi connectivity index (χ4v) is 3.62. The molecule has 7 heteroatoms. The van der Waals surface area contributed by atoms with Crippen LogP contribution in [-0.2, 0) is 6.18 Å². The average molecular weight is 507 g/mol. The Hall–Kier alpha value is -2.83. The number of ketones is 1. The SMILES string of the molecule is CC.CC.CCCCOc1ccc(C(=O)CCC=C2CCN(c3ccc(C(F)(F)F)cc3)CC2)cn1. The van der Waals surface area contributed by atoms with Gasteiger partial charge in [-0.25, -0.2) is 4.98 Å². The fraction of sp³-hybridized carbons (Fsp3) is 0.517. The molecule has 1 aliphatic heterocycles. The lowest BCUT2D eigenvalue weighted by atomic mass is 10.00. The van der Waals surface area contributed by atoms with Crippen molar-refractivity contribution >= 4 is 11.5 Å². The summed E-state index contributed by atoms with van der Waals surface area (Å²) < 4.78 is 43.7. The van der Waals surface area contributed by atoms with Gasteiger partial charge in [-0.05, 0) is 56.0 Å². The minimum absolute atomic E-state index is 0.0525. The fourth-order valence-electron chi connectivity index (χ4n) is 3.62. The van der Waals surface area contributed by atoms with E-state index in [2.05, 4.69) is 22.9 Å². The van der Waals surface area contributed by atoms with E-state index in [1.165, 1.54) is 17.7 Å². The van der Waals surface area contributed by atoms with Crippen LogP contribution in [0.5, 0.6) is 5.88 Å². The Kier molecular flexibility index (Phi) is 14.5. The zero-order valence-electron chi connectivity index (χ0n) is 22.3. The molecule has 0 bridgehead atoms. The molecular formula is C29H41F3N2O2. The van der Waals surface area contributed by atoms with Crippen molar-refractivity contribution in [2.24, 2.45) is 0 Å². The second-order valence-corrected chi connectivity index (χ2v) is 7.94. The lowest BCUT2D eigenvalue weighted by Crippen LogP contribution is -2.30. The Labute approximate surface area is 214 Å². The lowest BCUT2D eigenvalue weighted by molar-refractivity contribution is -0.137. The standard InChI is InChI=1S/C25H29F3N2O2.2C2H6/c1-2-3-17-32-24-12-7-20(18-29-24)23(31)6-4-5-19-13-15-30(16-14-19)22-10-8-21(9-11-22)25(26,27)28;2*1-2/h5,7-12,18H,2-4,6,13-17H2,1H3;2*1-2H3. The van der Waals surface area contributed by atoms with Gasteiger partial charge >= 0.3 is 6.18 Å². The number of rotatable bonds is 9. The summed E-state index contributed by atoms with van der Waals surface area (Å²) in [6.07, 6.45) is 4.19. The van der Waals surface area contributed by atoms with Crippen LogP contribution in [0.15, 0.2) is 54.2 Å². The number of aromatic nitrogens is 1. The molecule has 1 saturated heterocycles. The van der Waals surface area contributed by atoms with Crippen LogP contribution in [0.2, 0.25) is 0 Å². The molecule has 1 fully saturated rings. The van der Waals surface area contributed by atoms with Crippen molar-refractivity contribution in [2.75, 3.05) is 24.6 Å². The molecule has 0 atom stereocenters. The summed E-state index contributed by atoms with van der Waals surface area (Å²) in [7, 11) is 0. The molecule has 0 amide bonds. The number of carbonyl (C=O) groups is 1. The van der Waals surface area contributed by atoms with Crippen molar-refractivity contribution in [1.29, 1.82) is 0 Å². The first-order valence-corrected chi connectivity index (χ1v) is 13.1. The third-order valence-electron chi connectivity index (χ3n) is 5.58. The Morgan fingerprint density at radius 3 is 2.19 bits per heavy atom. The van der Waals surface area contributed by atoms with Crippen LogP contribution in [0.3, 0.4) is 0 Å². The molecule has 0 saturated carbocycles. The van der Waals surface area contributed by atoms with Crippen molar-refractivity contribution in [3.63, 3.8) is 0 Å². The first-order chi connectivity index (χ1) is 17.4. The van der Waals surface area contributed by atoms with Crippen molar-refractivity contribution in [2.45, 2.75) is 79.3 Å². The van der Waals surface area contributed by atoms with Crippen LogP contribution in [0.25, 0.3) is 0 Å². The van der Waals surface area contributed by atoms with E-state index in [1.54, 1.807) is 18.3 Å². The zero-order valence-corrected chi connectivity index (χ0v) is 22.3. The topological polar surface area (TPSA) is 42.4 Å². The molecular weight excluding hydrogens is 465 g/mol. The molecule has 0 N–H and O–H groups in total. The number of pyridine rings is 1. The van der Waals surface area contributed by atoms with Crippen LogP contribution in [0, 0.1) is 0 Å². The van der Waals surface area contributed by atoms with Crippen molar-refractivity contribution < 1.29 is 22.7 Å². The Bertz CT molecular complexity index is 898. The molecule has 0 spiro atoms. The Morgan fingerprint density at radius 1 is 1.03 bits per heavy atom. The van der Waals surface area contributed by atoms with Gasteiger partial charge in [0.05, 0.1) is 12.2 Å². The van der Waals surface area contributed by atoms with Gasteiger partial charge < -0.3 is 9.64 Å². The smallest absolute Gasteiger partial charge is 0.416 e. The highest BCUT2D eigenvalue weighted by Crippen LogP contribution is 2.31. The maximum atomic E-state index is 12.7. The van der Waals surface area contributed by atoms with Crippen LogP contribution < -0.4 is 9.64 Å². The number of benzene rings is 1. The largest absolute Gasteiger partial charge is 0.478 e. The highest BCUT2D eigenvalue weighted by molar-refractivity contribution is 5.95. The first-order valence-electron chi connectivity index (χ1n) is 13.1. The number of hydrogen-bond donors (Lipinski definition) is 0. The predicted octanol–water partition coefficient (Wildman–Crippen LogP) is 8.52. The zero-order chi connectivity index (χ0) is 27.0. The van der Waals surface area contributed by atoms with E-state index in [4.69, 9.17) is 4.74 Å². The number of nitrogens with zero attached hydrogens (tertiary/aromatic N) is 2. The highest BCUT2D eigenvalue weighted by Gasteiger charge is 2.30. The number of allylic oxidation sites excluding steroid dienone is 1. The predicted molar refractivity (Wildman–Crippen MR) is 142 cm³/mol. The number of alkyl halides is 3. The number of piperidine rings is 1. The number of Topliss-reactive ketones (excluding diaryl/α,β-unsaturated/α-hetero) is 1. The van der Waals surface area contributed by atoms with Crippen LogP contribution in [-0.4, -0.2) is 30.5 Å². The quantitative estimate of drug-likeness (QED) is 0.194. The Balaban J connectivity index is 0.00000154. The second kappa shape index (κ2) is 16.8. The monoisotopic (exact) mass is 506 g/mol. The van der Waals surface area contributed by atoms with E-state index >= 15 is 0 Å². The van der Waals surface area contributed by atoms with Gasteiger partial charge in [0.15, 0.2) is 5.78 Å². The summed E-state index contributed by atoms with van der Waals surface area (Å²) in [6.45, 7) is 12.2. The van der Waals surface area contributed by atoms with Gasteiger partial charge in [-0.15, -0.1) is 0 Å². The number of hydrogen-bond acceptors (Lipinski definition) is 4. The van der Waals surface area contributed by atoms with Gasteiger partial charge in [0.25, 0.3) is 0 Å². The molecule has 1 aromatic carbocycles. The normalized spacial score (nSPS) is 13.1. The van der Waals surface area contributed by atoms with Gasteiger partial charge in [-0.3, -0.25) is 4.79 Å². The van der Waals surface area contributed by atoms with Crippen LogP contribution in [0.4, 0.5) is 18.9 Å². The number of carbonyl (C=O) groups excluding carboxylic acids is 1. The van der Waals surface area contributed by atoms with Gasteiger partial charge in [0, 0.05) is 43.0 Å². The molecule has 200 valence electrons. The number of halogens is 3. The Morgan fingerprint density at radius 2 is 1.67 bits per heavy atom. The second-order valence-electron chi connectivity index (χ2n) is 7.94. The van der Waals surface area contributed by atoms with Crippen LogP contribution >= 0.6 is 0 Å². The molecule has 0 aliphatic carbocycles. The van der Waals surface area contributed by atoms with Crippen molar-refractivity contribution in [3.8, 4) is 5.88 Å². The number of unbranched alkanes of at least 4 members (excludes halogenated alkanes) is 1. The third-order valence-corrected chi connectivity index (χ3v) is 5.58. The summed E-state index contributed by atoms with van der Waals surface area (Å²) >= 11 is 0. The van der Waals surface area contributed by atoms with E-state index < -0.39 is 11.7 Å². The molecule has 2 heterocycles. The molecule has 1 aliphatic rings. The van der Waals surface area contributed by atoms with Gasteiger partial charge in [-0.1, -0.05) is 52.7 Å². The molecule has 0 unspecified atom stereocenters.